The highest BCUT2D eigenvalue weighted by Gasteiger charge is 2.30. The zero-order valence-corrected chi connectivity index (χ0v) is 24.4. The van der Waals surface area contributed by atoms with Gasteiger partial charge in [0.15, 0.2) is 0 Å². The Morgan fingerprint density at radius 2 is 0.622 bits per heavy atom. The molecule has 0 radical (unpaired) electrons. The summed E-state index contributed by atoms with van der Waals surface area (Å²) in [6.07, 6.45) is -2.13. The summed E-state index contributed by atoms with van der Waals surface area (Å²) < 4.78 is 0. The van der Waals surface area contributed by atoms with Crippen LogP contribution >= 0.6 is 0 Å². The first kappa shape index (κ1) is 40.6. The summed E-state index contributed by atoms with van der Waals surface area (Å²) in [6.45, 7) is 0.546. The SMILES string of the molecule is NC(=O)CN1CC(O)CC1=O.NC(=O)CN1CC(O)CC1=O.NC(=O)CN1CC(O)CC1=O.NC(=O)CN1CC(O)CC1=O.O. The van der Waals surface area contributed by atoms with Crippen molar-refractivity contribution in [1.82, 2.24) is 19.6 Å². The van der Waals surface area contributed by atoms with Crippen LogP contribution in [0.5, 0.6) is 0 Å². The van der Waals surface area contributed by atoms with Crippen LogP contribution in [0.15, 0.2) is 0 Å². The number of hydrogen-bond acceptors (Lipinski definition) is 12. The Bertz CT molecular complexity index is 939. The molecule has 21 heteroatoms. The van der Waals surface area contributed by atoms with Crippen LogP contribution < -0.4 is 22.9 Å². The number of hydrogen-bond donors (Lipinski definition) is 8. The van der Waals surface area contributed by atoms with Gasteiger partial charge in [-0.15, -0.1) is 0 Å². The maximum absolute atomic E-state index is 10.9. The van der Waals surface area contributed by atoms with Crippen molar-refractivity contribution in [3.05, 3.63) is 0 Å². The molecule has 4 atom stereocenters. The van der Waals surface area contributed by atoms with Crippen molar-refractivity contribution in [2.45, 2.75) is 50.1 Å². The second-order valence-corrected chi connectivity index (χ2v) is 10.4. The molecule has 4 aliphatic heterocycles. The monoisotopic (exact) mass is 650 g/mol. The first-order valence-corrected chi connectivity index (χ1v) is 13.3. The summed E-state index contributed by atoms with van der Waals surface area (Å²) in [5.41, 5.74) is 19.5. The van der Waals surface area contributed by atoms with Crippen LogP contribution in [-0.4, -0.2) is 170 Å². The lowest BCUT2D eigenvalue weighted by Gasteiger charge is -2.11. The molecule has 14 N–H and O–H groups in total. The number of β-amino-alcohol motifs (C(OH)–C–C–N with tert-alkyl or cyclic N) is 4. The number of amides is 8. The van der Waals surface area contributed by atoms with E-state index in [-0.39, 0.29) is 107 Å². The summed E-state index contributed by atoms with van der Waals surface area (Å²) >= 11 is 0. The normalized spacial score (nSPS) is 23.7. The molecular formula is C24H42N8O13. The van der Waals surface area contributed by atoms with Crippen LogP contribution in [0.2, 0.25) is 0 Å². The number of likely N-dealkylation sites (tertiary alicyclic amines) is 4. The van der Waals surface area contributed by atoms with E-state index in [1.807, 2.05) is 0 Å². The molecule has 4 heterocycles. The number of aliphatic hydroxyl groups is 4. The number of primary amides is 4. The highest BCUT2D eigenvalue weighted by atomic mass is 16.3. The zero-order valence-electron chi connectivity index (χ0n) is 24.4. The van der Waals surface area contributed by atoms with E-state index < -0.39 is 48.0 Å². The van der Waals surface area contributed by atoms with Gasteiger partial charge >= 0.3 is 0 Å². The fourth-order valence-corrected chi connectivity index (χ4v) is 4.37. The fourth-order valence-electron chi connectivity index (χ4n) is 4.37. The molecule has 0 bridgehead atoms. The van der Waals surface area contributed by atoms with Gasteiger partial charge < -0.3 is 68.4 Å². The van der Waals surface area contributed by atoms with E-state index in [1.54, 1.807) is 0 Å². The second-order valence-electron chi connectivity index (χ2n) is 10.4. The largest absolute Gasteiger partial charge is 0.412 e. The first-order valence-electron chi connectivity index (χ1n) is 13.3. The Balaban J connectivity index is 0.000000569. The summed E-state index contributed by atoms with van der Waals surface area (Å²) in [4.78, 5) is 90.0. The summed E-state index contributed by atoms with van der Waals surface area (Å²) in [5, 5.41) is 35.9. The average molecular weight is 651 g/mol. The third-order valence-electron chi connectivity index (χ3n) is 6.16. The number of carbonyl (C=O) groups is 8. The first-order chi connectivity index (χ1) is 20.4. The van der Waals surface area contributed by atoms with Gasteiger partial charge in [0.2, 0.25) is 47.3 Å². The van der Waals surface area contributed by atoms with Gasteiger partial charge in [0.1, 0.15) is 0 Å². The minimum atomic E-state index is -0.637. The minimum absolute atomic E-state index is 0. The summed E-state index contributed by atoms with van der Waals surface area (Å²) in [7, 11) is 0. The van der Waals surface area contributed by atoms with E-state index in [1.165, 1.54) is 19.6 Å². The molecule has 4 saturated heterocycles. The average Bonchev–Trinajstić information content (AvgIpc) is 3.55. The van der Waals surface area contributed by atoms with E-state index in [4.69, 9.17) is 43.4 Å². The molecule has 4 aliphatic rings. The number of nitrogens with zero attached hydrogens (tertiary/aromatic N) is 4. The third-order valence-corrected chi connectivity index (χ3v) is 6.16. The van der Waals surface area contributed by atoms with Crippen LogP contribution in [0.3, 0.4) is 0 Å². The standard InChI is InChI=1S/4C6H10N2O3.H2O/c4*7-5(10)3-8-2-4(9)1-6(8)11;/h4*4,9H,1-3H2,(H2,7,10);1H2. The molecule has 0 aliphatic carbocycles. The van der Waals surface area contributed by atoms with Crippen molar-refractivity contribution in [2.24, 2.45) is 22.9 Å². The molecule has 4 fully saturated rings. The van der Waals surface area contributed by atoms with Crippen molar-refractivity contribution >= 4 is 47.3 Å². The van der Waals surface area contributed by atoms with Gasteiger partial charge in [-0.2, -0.15) is 0 Å². The lowest BCUT2D eigenvalue weighted by molar-refractivity contribution is -0.132. The summed E-state index contributed by atoms with van der Waals surface area (Å²) in [6, 6.07) is 0. The topological polar surface area (TPSA) is 366 Å². The molecule has 45 heavy (non-hydrogen) atoms. The Morgan fingerprint density at radius 1 is 0.467 bits per heavy atom. The Kier molecular flexibility index (Phi) is 17.2. The number of aliphatic hydroxyl groups excluding tert-OH is 4. The quantitative estimate of drug-likeness (QED) is 0.121. The Hall–Kier alpha value is -4.44. The number of nitrogens with two attached hydrogens (primary N) is 4. The van der Waals surface area contributed by atoms with Crippen LogP contribution in [-0.2, 0) is 38.4 Å². The lowest BCUT2D eigenvalue weighted by Crippen LogP contribution is -2.35. The molecule has 0 aromatic carbocycles. The van der Waals surface area contributed by atoms with Crippen molar-refractivity contribution < 1.29 is 64.3 Å². The minimum Gasteiger partial charge on any atom is -0.412 e. The van der Waals surface area contributed by atoms with Gasteiger partial charge in [-0.05, 0) is 0 Å². The van der Waals surface area contributed by atoms with E-state index >= 15 is 0 Å². The van der Waals surface area contributed by atoms with Crippen molar-refractivity contribution in [3.63, 3.8) is 0 Å². The highest BCUT2D eigenvalue weighted by Crippen LogP contribution is 2.11. The molecule has 4 rings (SSSR count). The lowest BCUT2D eigenvalue weighted by atomic mass is 10.3. The van der Waals surface area contributed by atoms with Crippen LogP contribution in [0.25, 0.3) is 0 Å². The maximum Gasteiger partial charge on any atom is 0.237 e. The molecule has 0 spiro atoms. The molecule has 8 amide bonds. The van der Waals surface area contributed by atoms with E-state index in [0.29, 0.717) is 0 Å². The molecule has 21 nitrogen and oxygen atoms in total. The molecular weight excluding hydrogens is 608 g/mol. The van der Waals surface area contributed by atoms with Gasteiger partial charge in [0.25, 0.3) is 0 Å². The number of rotatable bonds is 8. The van der Waals surface area contributed by atoms with Gasteiger partial charge in [0, 0.05) is 26.2 Å². The molecule has 0 aromatic rings. The predicted octanol–water partition coefficient (Wildman–Crippen LogP) is -8.57. The van der Waals surface area contributed by atoms with Crippen molar-refractivity contribution in [2.75, 3.05) is 52.4 Å². The fraction of sp³-hybridized carbons (Fsp3) is 0.667. The van der Waals surface area contributed by atoms with E-state index in [9.17, 15) is 38.4 Å². The van der Waals surface area contributed by atoms with Crippen molar-refractivity contribution in [3.8, 4) is 0 Å². The van der Waals surface area contributed by atoms with Gasteiger partial charge in [-0.3, -0.25) is 38.4 Å². The third kappa shape index (κ3) is 15.7. The second kappa shape index (κ2) is 19.1. The van der Waals surface area contributed by atoms with Gasteiger partial charge in [-0.1, -0.05) is 0 Å². The molecule has 0 saturated carbocycles. The Morgan fingerprint density at radius 3 is 0.711 bits per heavy atom. The highest BCUT2D eigenvalue weighted by molar-refractivity contribution is 5.87. The van der Waals surface area contributed by atoms with Crippen molar-refractivity contribution in [1.29, 1.82) is 0 Å². The van der Waals surface area contributed by atoms with Crippen LogP contribution in [0.4, 0.5) is 0 Å². The van der Waals surface area contributed by atoms with Crippen LogP contribution in [0.1, 0.15) is 25.7 Å². The molecule has 256 valence electrons. The predicted molar refractivity (Wildman–Crippen MR) is 149 cm³/mol. The molecule has 4 unspecified atom stereocenters. The van der Waals surface area contributed by atoms with Gasteiger partial charge in [-0.25, -0.2) is 0 Å². The summed E-state index contributed by atoms with van der Waals surface area (Å²) in [5.74, 6) is -3.04. The number of carbonyl (C=O) groups excluding carboxylic acids is 8. The molecule has 0 aromatic heterocycles. The smallest absolute Gasteiger partial charge is 0.237 e. The van der Waals surface area contributed by atoms with Gasteiger partial charge in [0.05, 0.1) is 76.3 Å². The zero-order chi connectivity index (χ0) is 33.7. The van der Waals surface area contributed by atoms with E-state index in [0.717, 1.165) is 0 Å². The maximum atomic E-state index is 10.9. The van der Waals surface area contributed by atoms with E-state index in [2.05, 4.69) is 0 Å². The van der Waals surface area contributed by atoms with Crippen LogP contribution in [0, 0.1) is 0 Å². The Labute approximate surface area is 256 Å².